The Morgan fingerprint density at radius 1 is 1.68 bits per heavy atom. The van der Waals surface area contributed by atoms with Crippen LogP contribution in [0.4, 0.5) is 0 Å². The molecular weight excluding hydrogens is 264 g/mol. The predicted octanol–water partition coefficient (Wildman–Crippen LogP) is 0.0559. The van der Waals surface area contributed by atoms with Crippen molar-refractivity contribution in [1.82, 2.24) is 20.6 Å². The Hall–Kier alpha value is -1.05. The van der Waals surface area contributed by atoms with E-state index in [1.54, 1.807) is 18.1 Å². The summed E-state index contributed by atoms with van der Waals surface area (Å²) in [5.41, 5.74) is 2.19. The largest absolute Gasteiger partial charge is 0.366 e. The predicted molar refractivity (Wildman–Crippen MR) is 75.1 cm³/mol. The van der Waals surface area contributed by atoms with Crippen LogP contribution >= 0.6 is 11.8 Å². The van der Waals surface area contributed by atoms with Crippen LogP contribution in [0.5, 0.6) is 0 Å². The highest BCUT2D eigenvalue weighted by molar-refractivity contribution is 7.98. The Morgan fingerprint density at radius 2 is 2.58 bits per heavy atom. The van der Waals surface area contributed by atoms with Gasteiger partial charge in [-0.15, -0.1) is 0 Å². The van der Waals surface area contributed by atoms with E-state index in [0.717, 1.165) is 29.4 Å². The monoisotopic (exact) mass is 284 g/mol. The summed E-state index contributed by atoms with van der Waals surface area (Å²) in [4.78, 5) is 19.0. The van der Waals surface area contributed by atoms with E-state index < -0.39 is 0 Å². The maximum Gasteiger partial charge on any atom is 0.250 e. The van der Waals surface area contributed by atoms with E-state index in [1.165, 1.54) is 0 Å². The highest BCUT2D eigenvalue weighted by Gasteiger charge is 2.20. The smallest absolute Gasteiger partial charge is 0.250 e. The Morgan fingerprint density at radius 3 is 3.26 bits per heavy atom. The highest BCUT2D eigenvalue weighted by atomic mass is 32.2. The number of hydrogen-bond donors (Lipinski definition) is 3. The first-order valence-corrected chi connectivity index (χ1v) is 7.59. The summed E-state index contributed by atoms with van der Waals surface area (Å²) in [5, 5.41) is 6.03. The second kappa shape index (κ2) is 7.52. The molecule has 1 aromatic rings. The molecule has 2 heterocycles. The van der Waals surface area contributed by atoms with Crippen LogP contribution in [-0.2, 0) is 15.3 Å². The minimum absolute atomic E-state index is 0.0243. The SMILES string of the molecule is Cc1[nH]cnc1CSCCNC(=O)[C@H]1CNCCO1. The third-order valence-corrected chi connectivity index (χ3v) is 3.91. The normalized spacial score (nSPS) is 19.3. The lowest BCUT2D eigenvalue weighted by atomic mass is 10.3. The summed E-state index contributed by atoms with van der Waals surface area (Å²) in [6.07, 6.45) is 1.37. The molecule has 1 saturated heterocycles. The Labute approximate surface area is 117 Å². The lowest BCUT2D eigenvalue weighted by Crippen LogP contribution is -2.48. The first-order chi connectivity index (χ1) is 9.27. The first-order valence-electron chi connectivity index (χ1n) is 6.44. The average molecular weight is 284 g/mol. The van der Waals surface area contributed by atoms with Gasteiger partial charge >= 0.3 is 0 Å². The quantitative estimate of drug-likeness (QED) is 0.644. The molecule has 1 fully saturated rings. The fraction of sp³-hybridized carbons (Fsp3) is 0.667. The van der Waals surface area contributed by atoms with Crippen molar-refractivity contribution in [3.8, 4) is 0 Å². The summed E-state index contributed by atoms with van der Waals surface area (Å²) in [5.74, 6) is 1.72. The number of nitrogens with zero attached hydrogens (tertiary/aromatic N) is 1. The van der Waals surface area contributed by atoms with Gasteiger partial charge < -0.3 is 20.4 Å². The minimum atomic E-state index is -0.340. The molecule has 0 aromatic carbocycles. The molecule has 6 nitrogen and oxygen atoms in total. The van der Waals surface area contributed by atoms with Crippen molar-refractivity contribution in [2.24, 2.45) is 0 Å². The number of rotatable bonds is 6. The van der Waals surface area contributed by atoms with Crippen molar-refractivity contribution in [2.45, 2.75) is 18.8 Å². The maximum absolute atomic E-state index is 11.7. The average Bonchev–Trinajstić information content (AvgIpc) is 2.85. The number of nitrogens with one attached hydrogen (secondary N) is 3. The molecule has 0 aliphatic carbocycles. The summed E-state index contributed by atoms with van der Waals surface area (Å²) in [6.45, 7) is 4.70. The van der Waals surface area contributed by atoms with Crippen molar-refractivity contribution in [1.29, 1.82) is 0 Å². The maximum atomic E-state index is 11.7. The van der Waals surface area contributed by atoms with Crippen molar-refractivity contribution >= 4 is 17.7 Å². The van der Waals surface area contributed by atoms with Crippen molar-refractivity contribution in [3.63, 3.8) is 0 Å². The van der Waals surface area contributed by atoms with Crippen LogP contribution in [-0.4, -0.2) is 54.0 Å². The number of carbonyl (C=O) groups excluding carboxylic acids is 1. The molecule has 19 heavy (non-hydrogen) atoms. The molecule has 106 valence electrons. The molecule has 2 rings (SSSR count). The minimum Gasteiger partial charge on any atom is -0.366 e. The summed E-state index contributed by atoms with van der Waals surface area (Å²) in [7, 11) is 0. The Kier molecular flexibility index (Phi) is 5.68. The van der Waals surface area contributed by atoms with Crippen LogP contribution in [0.25, 0.3) is 0 Å². The van der Waals surface area contributed by atoms with Gasteiger partial charge in [0.15, 0.2) is 0 Å². The lowest BCUT2D eigenvalue weighted by molar-refractivity contribution is -0.134. The number of imidazole rings is 1. The van der Waals surface area contributed by atoms with Crippen LogP contribution in [0.1, 0.15) is 11.4 Å². The lowest BCUT2D eigenvalue weighted by Gasteiger charge is -2.22. The van der Waals surface area contributed by atoms with Crippen LogP contribution in [0.15, 0.2) is 6.33 Å². The Bertz CT molecular complexity index is 404. The van der Waals surface area contributed by atoms with Gasteiger partial charge in [0.2, 0.25) is 5.91 Å². The molecule has 1 amide bonds. The van der Waals surface area contributed by atoms with Gasteiger partial charge in [0.1, 0.15) is 6.10 Å². The molecule has 1 aliphatic rings. The van der Waals surface area contributed by atoms with Crippen molar-refractivity contribution < 1.29 is 9.53 Å². The number of aromatic amines is 1. The Balaban J connectivity index is 1.56. The molecule has 3 N–H and O–H groups in total. The topological polar surface area (TPSA) is 79.0 Å². The number of carbonyl (C=O) groups is 1. The summed E-state index contributed by atoms with van der Waals surface area (Å²) in [6, 6.07) is 0. The van der Waals surface area contributed by atoms with Gasteiger partial charge in [-0.1, -0.05) is 0 Å². The fourth-order valence-electron chi connectivity index (χ4n) is 1.80. The van der Waals surface area contributed by atoms with E-state index in [2.05, 4.69) is 20.6 Å². The van der Waals surface area contributed by atoms with E-state index in [1.807, 2.05) is 6.92 Å². The van der Waals surface area contributed by atoms with Gasteiger partial charge in [-0.2, -0.15) is 11.8 Å². The number of hydrogen-bond acceptors (Lipinski definition) is 5. The molecule has 7 heteroatoms. The number of H-pyrrole nitrogens is 1. The van der Waals surface area contributed by atoms with Gasteiger partial charge in [-0.05, 0) is 6.92 Å². The number of amides is 1. The first kappa shape index (κ1) is 14.4. The fourth-order valence-corrected chi connectivity index (χ4v) is 2.67. The van der Waals surface area contributed by atoms with Gasteiger partial charge in [-0.25, -0.2) is 4.98 Å². The second-order valence-electron chi connectivity index (χ2n) is 4.38. The zero-order valence-electron chi connectivity index (χ0n) is 11.1. The second-order valence-corrected chi connectivity index (χ2v) is 5.49. The van der Waals surface area contributed by atoms with Crippen LogP contribution in [0, 0.1) is 6.92 Å². The standard InChI is InChI=1S/C12H20N4O2S/c1-9-10(16-8-15-9)7-19-5-3-14-12(17)11-6-13-2-4-18-11/h8,11,13H,2-7H2,1H3,(H,14,17)(H,15,16)/t11-/m1/s1. The number of ether oxygens (including phenoxy) is 1. The molecule has 0 unspecified atom stereocenters. The number of aryl methyl sites for hydroxylation is 1. The van der Waals surface area contributed by atoms with Crippen LogP contribution in [0.3, 0.4) is 0 Å². The zero-order chi connectivity index (χ0) is 13.5. The van der Waals surface area contributed by atoms with E-state index in [-0.39, 0.29) is 12.0 Å². The number of thioether (sulfide) groups is 1. The van der Waals surface area contributed by atoms with Gasteiger partial charge in [0, 0.05) is 36.8 Å². The molecule has 1 aliphatic heterocycles. The van der Waals surface area contributed by atoms with Crippen LogP contribution < -0.4 is 10.6 Å². The van der Waals surface area contributed by atoms with Crippen molar-refractivity contribution in [3.05, 3.63) is 17.7 Å². The molecule has 0 spiro atoms. The van der Waals surface area contributed by atoms with E-state index in [0.29, 0.717) is 19.7 Å². The molecular formula is C12H20N4O2S. The summed E-state index contributed by atoms with van der Waals surface area (Å²) < 4.78 is 5.38. The molecule has 0 radical (unpaired) electrons. The zero-order valence-corrected chi connectivity index (χ0v) is 11.9. The van der Waals surface area contributed by atoms with E-state index in [9.17, 15) is 4.79 Å². The molecule has 0 bridgehead atoms. The highest BCUT2D eigenvalue weighted by Crippen LogP contribution is 2.11. The van der Waals surface area contributed by atoms with E-state index >= 15 is 0 Å². The van der Waals surface area contributed by atoms with E-state index in [4.69, 9.17) is 4.74 Å². The van der Waals surface area contributed by atoms with Crippen LogP contribution in [0.2, 0.25) is 0 Å². The van der Waals surface area contributed by atoms with Gasteiger partial charge in [-0.3, -0.25) is 4.79 Å². The van der Waals surface area contributed by atoms with Gasteiger partial charge in [0.25, 0.3) is 0 Å². The van der Waals surface area contributed by atoms with Crippen molar-refractivity contribution in [2.75, 3.05) is 32.0 Å². The third-order valence-electron chi connectivity index (χ3n) is 2.94. The number of aromatic nitrogens is 2. The van der Waals surface area contributed by atoms with Gasteiger partial charge in [0.05, 0.1) is 18.6 Å². The molecule has 1 aromatic heterocycles. The number of morpholine rings is 1. The third kappa shape index (κ3) is 4.52. The summed E-state index contributed by atoms with van der Waals surface area (Å²) >= 11 is 1.76. The molecule has 1 atom stereocenters. The molecule has 0 saturated carbocycles.